The Labute approximate surface area is 98.5 Å². The fourth-order valence-corrected chi connectivity index (χ4v) is 2.47. The van der Waals surface area contributed by atoms with Gasteiger partial charge in [0.25, 0.3) is 0 Å². The summed E-state index contributed by atoms with van der Waals surface area (Å²) in [5, 5.41) is 9.11. The van der Waals surface area contributed by atoms with Crippen LogP contribution < -0.4 is 0 Å². The molecule has 1 aliphatic rings. The molecule has 86 valence electrons. The molecule has 0 aromatic carbocycles. The van der Waals surface area contributed by atoms with Crippen molar-refractivity contribution in [2.24, 2.45) is 0 Å². The van der Waals surface area contributed by atoms with E-state index in [0.717, 1.165) is 29.2 Å². The molecular formula is C11H14N2O2S. The topological polar surface area (TPSA) is 63.1 Å². The number of carboxylic acids is 1. The van der Waals surface area contributed by atoms with Crippen LogP contribution in [0.5, 0.6) is 0 Å². The Morgan fingerprint density at radius 1 is 1.56 bits per heavy atom. The average molecular weight is 238 g/mol. The Morgan fingerprint density at radius 3 is 3.00 bits per heavy atom. The molecule has 4 nitrogen and oxygen atoms in total. The van der Waals surface area contributed by atoms with Gasteiger partial charge >= 0.3 is 5.97 Å². The van der Waals surface area contributed by atoms with Crippen LogP contribution >= 0.6 is 11.8 Å². The number of aliphatic carboxylic acids is 1. The Hall–Kier alpha value is -1.10. The van der Waals surface area contributed by atoms with Gasteiger partial charge in [0.05, 0.1) is 0 Å². The molecule has 0 saturated heterocycles. The van der Waals surface area contributed by atoms with Crippen LogP contribution in [-0.4, -0.2) is 26.8 Å². The summed E-state index contributed by atoms with van der Waals surface area (Å²) in [6.45, 7) is 3.27. The van der Waals surface area contributed by atoms with Gasteiger partial charge in [0, 0.05) is 23.2 Å². The van der Waals surface area contributed by atoms with Crippen LogP contribution in [0.25, 0.3) is 0 Å². The van der Waals surface area contributed by atoms with Gasteiger partial charge in [-0.1, -0.05) is 0 Å². The predicted molar refractivity (Wildman–Crippen MR) is 62.6 cm³/mol. The third-order valence-electron chi connectivity index (χ3n) is 2.79. The van der Waals surface area contributed by atoms with Gasteiger partial charge < -0.3 is 5.11 Å². The summed E-state index contributed by atoms with van der Waals surface area (Å²) in [6, 6.07) is 0. The molecule has 0 unspecified atom stereocenters. The Kier molecular flexibility index (Phi) is 2.88. The molecule has 0 amide bonds. The van der Waals surface area contributed by atoms with Gasteiger partial charge in [0.1, 0.15) is 11.2 Å². The first-order valence-electron chi connectivity index (χ1n) is 5.18. The van der Waals surface area contributed by atoms with Crippen molar-refractivity contribution in [3.05, 3.63) is 23.3 Å². The van der Waals surface area contributed by atoms with Gasteiger partial charge in [0.2, 0.25) is 0 Å². The summed E-state index contributed by atoms with van der Waals surface area (Å²) in [5.41, 5.74) is 1.14. The Bertz CT molecular complexity index is 432. The molecule has 2 rings (SSSR count). The number of nitrogens with zero attached hydrogens (tertiary/aromatic N) is 2. The minimum Gasteiger partial charge on any atom is -0.481 e. The molecule has 1 aliphatic heterocycles. The monoisotopic (exact) mass is 238 g/mol. The summed E-state index contributed by atoms with van der Waals surface area (Å²) in [5.74, 6) is 1.50. The zero-order valence-corrected chi connectivity index (χ0v) is 10.2. The van der Waals surface area contributed by atoms with Crippen LogP contribution in [0.15, 0.2) is 6.20 Å². The number of fused-ring (bicyclic) bond motifs is 1. The van der Waals surface area contributed by atoms with Crippen LogP contribution in [0.4, 0.5) is 0 Å². The number of hydrogen-bond donors (Lipinski definition) is 1. The lowest BCUT2D eigenvalue weighted by Crippen LogP contribution is -2.31. The van der Waals surface area contributed by atoms with Crippen LogP contribution in [0.2, 0.25) is 0 Å². The second-order valence-corrected chi connectivity index (χ2v) is 5.50. The number of carboxylic acid groups (broad SMARTS) is 1. The third-order valence-corrected chi connectivity index (χ3v) is 3.80. The normalized spacial score (nSPS) is 15.6. The van der Waals surface area contributed by atoms with Crippen molar-refractivity contribution >= 4 is 17.7 Å². The largest absolute Gasteiger partial charge is 0.481 e. The Morgan fingerprint density at radius 2 is 2.31 bits per heavy atom. The van der Waals surface area contributed by atoms with E-state index in [4.69, 9.17) is 5.11 Å². The van der Waals surface area contributed by atoms with Crippen LogP contribution in [0.1, 0.15) is 30.9 Å². The first-order valence-corrected chi connectivity index (χ1v) is 6.33. The first kappa shape index (κ1) is 11.4. The lowest BCUT2D eigenvalue weighted by atomic mass is 9.92. The van der Waals surface area contributed by atoms with Crippen molar-refractivity contribution in [2.45, 2.75) is 31.4 Å². The second kappa shape index (κ2) is 4.05. The minimum absolute atomic E-state index is 0.408. The molecule has 1 N–H and O–H groups in total. The molecule has 0 fully saturated rings. The smallest absolute Gasteiger partial charge is 0.316 e. The van der Waals surface area contributed by atoms with Crippen molar-refractivity contribution in [1.29, 1.82) is 0 Å². The average Bonchev–Trinajstić information content (AvgIpc) is 2.28. The highest BCUT2D eigenvalue weighted by molar-refractivity contribution is 7.98. The van der Waals surface area contributed by atoms with E-state index in [0.29, 0.717) is 5.82 Å². The van der Waals surface area contributed by atoms with Crippen molar-refractivity contribution < 1.29 is 9.90 Å². The quantitative estimate of drug-likeness (QED) is 0.848. The van der Waals surface area contributed by atoms with E-state index in [2.05, 4.69) is 9.97 Å². The zero-order chi connectivity index (χ0) is 11.8. The van der Waals surface area contributed by atoms with Gasteiger partial charge in [-0.25, -0.2) is 9.97 Å². The van der Waals surface area contributed by atoms with Crippen LogP contribution in [-0.2, 0) is 22.4 Å². The van der Waals surface area contributed by atoms with E-state index in [1.807, 2.05) is 11.8 Å². The summed E-state index contributed by atoms with van der Waals surface area (Å²) in [7, 11) is 0. The van der Waals surface area contributed by atoms with Gasteiger partial charge in [-0.05, 0) is 26.0 Å². The standard InChI is InChI=1S/C11H14N2O2S/c1-11(2,10(14)15)9-12-5-7-6-16-4-3-8(7)13-9/h5H,3-4,6H2,1-2H3,(H,14,15). The van der Waals surface area contributed by atoms with Crippen molar-refractivity contribution in [3.8, 4) is 0 Å². The second-order valence-electron chi connectivity index (χ2n) is 4.40. The van der Waals surface area contributed by atoms with Crippen LogP contribution in [0, 0.1) is 0 Å². The number of aryl methyl sites for hydroxylation is 1. The maximum Gasteiger partial charge on any atom is 0.316 e. The van der Waals surface area contributed by atoms with E-state index in [1.165, 1.54) is 0 Å². The van der Waals surface area contributed by atoms with Crippen molar-refractivity contribution in [3.63, 3.8) is 0 Å². The molecule has 0 bridgehead atoms. The SMILES string of the molecule is CC(C)(C(=O)O)c1ncc2c(n1)CCSC2. The van der Waals surface area contributed by atoms with E-state index >= 15 is 0 Å². The molecule has 1 aromatic rings. The van der Waals surface area contributed by atoms with Crippen molar-refractivity contribution in [1.82, 2.24) is 9.97 Å². The third kappa shape index (κ3) is 1.91. The zero-order valence-electron chi connectivity index (χ0n) is 9.36. The molecule has 0 saturated carbocycles. The van der Waals surface area contributed by atoms with E-state index in [-0.39, 0.29) is 0 Å². The van der Waals surface area contributed by atoms with Gasteiger partial charge in [0.15, 0.2) is 0 Å². The lowest BCUT2D eigenvalue weighted by molar-refractivity contribution is -0.142. The number of rotatable bonds is 2. The summed E-state index contributed by atoms with van der Waals surface area (Å²) in [4.78, 5) is 19.7. The highest BCUT2D eigenvalue weighted by Gasteiger charge is 2.33. The molecule has 0 aliphatic carbocycles. The number of carbonyl (C=O) groups is 1. The number of aromatic nitrogens is 2. The van der Waals surface area contributed by atoms with E-state index < -0.39 is 11.4 Å². The number of hydrogen-bond acceptors (Lipinski definition) is 4. The maximum absolute atomic E-state index is 11.1. The summed E-state index contributed by atoms with van der Waals surface area (Å²) in [6.07, 6.45) is 2.68. The van der Waals surface area contributed by atoms with E-state index in [9.17, 15) is 4.79 Å². The first-order chi connectivity index (χ1) is 7.51. The molecule has 5 heteroatoms. The predicted octanol–water partition coefficient (Wildman–Crippen LogP) is 1.63. The minimum atomic E-state index is -1.01. The number of thioether (sulfide) groups is 1. The molecule has 0 radical (unpaired) electrons. The molecule has 1 aromatic heterocycles. The highest BCUT2D eigenvalue weighted by Crippen LogP contribution is 2.26. The van der Waals surface area contributed by atoms with Crippen LogP contribution in [0.3, 0.4) is 0 Å². The Balaban J connectivity index is 2.40. The molecule has 0 spiro atoms. The fourth-order valence-electron chi connectivity index (χ4n) is 1.53. The highest BCUT2D eigenvalue weighted by atomic mass is 32.2. The van der Waals surface area contributed by atoms with Gasteiger partial charge in [-0.3, -0.25) is 4.79 Å². The summed E-state index contributed by atoms with van der Waals surface area (Å²) >= 11 is 1.86. The summed E-state index contributed by atoms with van der Waals surface area (Å²) < 4.78 is 0. The molecular weight excluding hydrogens is 224 g/mol. The maximum atomic E-state index is 11.1. The fraction of sp³-hybridized carbons (Fsp3) is 0.545. The van der Waals surface area contributed by atoms with Gasteiger partial charge in [-0.15, -0.1) is 0 Å². The van der Waals surface area contributed by atoms with Crippen molar-refractivity contribution in [2.75, 3.05) is 5.75 Å². The van der Waals surface area contributed by atoms with Gasteiger partial charge in [-0.2, -0.15) is 11.8 Å². The molecule has 2 heterocycles. The van der Waals surface area contributed by atoms with E-state index in [1.54, 1.807) is 20.0 Å². The molecule has 0 atom stereocenters. The lowest BCUT2D eigenvalue weighted by Gasteiger charge is -2.20. The molecule has 16 heavy (non-hydrogen) atoms.